The Labute approximate surface area is 159 Å². The third-order valence-electron chi connectivity index (χ3n) is 4.51. The van der Waals surface area contributed by atoms with Crippen LogP contribution in [0.25, 0.3) is 0 Å². The molecular weight excluding hydrogens is 342 g/mol. The Morgan fingerprint density at radius 3 is 2.74 bits per heavy atom. The maximum Gasteiger partial charge on any atom is 0.319 e. The molecule has 6 nitrogen and oxygen atoms in total. The smallest absolute Gasteiger partial charge is 0.319 e. The normalized spacial score (nSPS) is 16.4. The van der Waals surface area contributed by atoms with E-state index in [4.69, 9.17) is 4.74 Å². The minimum absolute atomic E-state index is 0.125. The van der Waals surface area contributed by atoms with Gasteiger partial charge >= 0.3 is 6.03 Å². The second kappa shape index (κ2) is 9.19. The molecule has 142 valence electrons. The molecule has 0 saturated carbocycles. The quantitative estimate of drug-likeness (QED) is 0.736. The zero-order valence-electron chi connectivity index (χ0n) is 15.5. The highest BCUT2D eigenvalue weighted by Gasteiger charge is 2.28. The first-order valence-corrected chi connectivity index (χ1v) is 9.22. The zero-order valence-corrected chi connectivity index (χ0v) is 15.5. The fraction of sp³-hybridized carbons (Fsp3) is 0.333. The number of hydrogen-bond donors (Lipinski definition) is 2. The van der Waals surface area contributed by atoms with Crippen LogP contribution in [0, 0.1) is 0 Å². The van der Waals surface area contributed by atoms with Crippen molar-refractivity contribution in [3.63, 3.8) is 0 Å². The molecule has 0 unspecified atom stereocenters. The van der Waals surface area contributed by atoms with Crippen LogP contribution >= 0.6 is 0 Å². The van der Waals surface area contributed by atoms with Gasteiger partial charge in [-0.15, -0.1) is 0 Å². The molecule has 1 saturated heterocycles. The van der Waals surface area contributed by atoms with Crippen LogP contribution < -0.4 is 15.5 Å². The Balaban J connectivity index is 1.43. The van der Waals surface area contributed by atoms with Crippen LogP contribution in [0.5, 0.6) is 0 Å². The van der Waals surface area contributed by atoms with Gasteiger partial charge in [0.05, 0.1) is 13.2 Å². The minimum atomic E-state index is -0.295. The Hall–Kier alpha value is -2.86. The average Bonchev–Trinajstić information content (AvgIpc) is 3.01. The van der Waals surface area contributed by atoms with Gasteiger partial charge in [-0.25, -0.2) is 4.79 Å². The van der Waals surface area contributed by atoms with Gasteiger partial charge in [-0.05, 0) is 37.1 Å². The molecule has 1 aliphatic rings. The summed E-state index contributed by atoms with van der Waals surface area (Å²) in [4.78, 5) is 25.9. The fourth-order valence-corrected chi connectivity index (χ4v) is 3.14. The van der Waals surface area contributed by atoms with Gasteiger partial charge in [0.15, 0.2) is 0 Å². The van der Waals surface area contributed by atoms with E-state index >= 15 is 0 Å². The number of benzene rings is 2. The molecule has 1 aliphatic heterocycles. The zero-order chi connectivity index (χ0) is 19.1. The van der Waals surface area contributed by atoms with E-state index in [1.165, 1.54) is 0 Å². The number of carbonyl (C=O) groups is 2. The first-order valence-electron chi connectivity index (χ1n) is 9.22. The van der Waals surface area contributed by atoms with Crippen LogP contribution in [-0.2, 0) is 16.1 Å². The number of urea groups is 1. The first-order chi connectivity index (χ1) is 13.1. The van der Waals surface area contributed by atoms with Crippen LogP contribution in [0.15, 0.2) is 54.6 Å². The molecule has 27 heavy (non-hydrogen) atoms. The Bertz CT molecular complexity index is 779. The lowest BCUT2D eigenvalue weighted by Crippen LogP contribution is -2.32. The standard InChI is InChI=1S/C21H25N3O3/c1-16-10-11-20(25)24(16)19-9-5-8-18(14-19)23-21(26)22-12-13-27-15-17-6-3-2-4-7-17/h2-9,14,16H,10-13,15H2,1H3,(H2,22,23,26)/t16-/m0/s1. The SMILES string of the molecule is C[C@H]1CCC(=O)N1c1cccc(NC(=O)NCCOCc2ccccc2)c1. The van der Waals surface area contributed by atoms with Crippen molar-refractivity contribution in [1.82, 2.24) is 5.32 Å². The van der Waals surface area contributed by atoms with Crippen LogP contribution in [-0.4, -0.2) is 31.1 Å². The fourth-order valence-electron chi connectivity index (χ4n) is 3.14. The number of anilines is 2. The van der Waals surface area contributed by atoms with Crippen molar-refractivity contribution in [3.8, 4) is 0 Å². The molecule has 1 fully saturated rings. The molecule has 6 heteroatoms. The summed E-state index contributed by atoms with van der Waals surface area (Å²) in [5.41, 5.74) is 2.57. The topological polar surface area (TPSA) is 70.7 Å². The molecule has 0 aromatic heterocycles. The molecule has 0 bridgehead atoms. The maximum atomic E-state index is 12.0. The highest BCUT2D eigenvalue weighted by molar-refractivity contribution is 5.97. The summed E-state index contributed by atoms with van der Waals surface area (Å²) in [6, 6.07) is 17.1. The van der Waals surface area contributed by atoms with Crippen LogP contribution in [0.1, 0.15) is 25.3 Å². The second-order valence-electron chi connectivity index (χ2n) is 6.62. The summed E-state index contributed by atoms with van der Waals surface area (Å²) in [5.74, 6) is 0.125. The molecular formula is C21H25N3O3. The van der Waals surface area contributed by atoms with E-state index in [-0.39, 0.29) is 18.0 Å². The minimum Gasteiger partial charge on any atom is -0.375 e. The van der Waals surface area contributed by atoms with Crippen molar-refractivity contribution in [2.45, 2.75) is 32.4 Å². The summed E-state index contributed by atoms with van der Waals surface area (Å²) < 4.78 is 5.54. The van der Waals surface area contributed by atoms with Gasteiger partial charge in [0.1, 0.15) is 0 Å². The van der Waals surface area contributed by atoms with Crippen molar-refractivity contribution in [2.75, 3.05) is 23.4 Å². The van der Waals surface area contributed by atoms with Gasteiger partial charge in [0, 0.05) is 30.4 Å². The van der Waals surface area contributed by atoms with E-state index in [9.17, 15) is 9.59 Å². The Morgan fingerprint density at radius 1 is 1.19 bits per heavy atom. The lowest BCUT2D eigenvalue weighted by atomic mass is 10.2. The number of rotatable bonds is 7. The van der Waals surface area contributed by atoms with E-state index in [0.717, 1.165) is 17.7 Å². The van der Waals surface area contributed by atoms with Crippen molar-refractivity contribution in [3.05, 3.63) is 60.2 Å². The largest absolute Gasteiger partial charge is 0.375 e. The molecule has 3 rings (SSSR count). The summed E-state index contributed by atoms with van der Waals surface area (Å²) in [7, 11) is 0. The predicted molar refractivity (Wildman–Crippen MR) is 106 cm³/mol. The molecule has 0 aliphatic carbocycles. The number of nitrogens with zero attached hydrogens (tertiary/aromatic N) is 1. The number of amides is 3. The monoisotopic (exact) mass is 367 g/mol. The summed E-state index contributed by atoms with van der Waals surface area (Å²) in [5, 5.41) is 5.57. The predicted octanol–water partition coefficient (Wildman–Crippen LogP) is 3.54. The van der Waals surface area contributed by atoms with Crippen LogP contribution in [0.4, 0.5) is 16.2 Å². The van der Waals surface area contributed by atoms with E-state index < -0.39 is 0 Å². The third kappa shape index (κ3) is 5.31. The number of nitrogens with one attached hydrogen (secondary N) is 2. The third-order valence-corrected chi connectivity index (χ3v) is 4.51. The molecule has 1 atom stereocenters. The Morgan fingerprint density at radius 2 is 2.00 bits per heavy atom. The van der Waals surface area contributed by atoms with Crippen molar-refractivity contribution < 1.29 is 14.3 Å². The van der Waals surface area contributed by atoms with Crippen LogP contribution in [0.2, 0.25) is 0 Å². The summed E-state index contributed by atoms with van der Waals surface area (Å²) in [6.07, 6.45) is 1.43. The molecule has 2 N–H and O–H groups in total. The molecule has 1 heterocycles. The van der Waals surface area contributed by atoms with Gasteiger partial charge in [-0.3, -0.25) is 4.79 Å². The lowest BCUT2D eigenvalue weighted by molar-refractivity contribution is -0.117. The number of ether oxygens (including phenoxy) is 1. The van der Waals surface area contributed by atoms with E-state index in [1.54, 1.807) is 11.0 Å². The number of hydrogen-bond acceptors (Lipinski definition) is 3. The summed E-state index contributed by atoms with van der Waals surface area (Å²) in [6.45, 7) is 3.41. The molecule has 2 aromatic rings. The highest BCUT2D eigenvalue weighted by atomic mass is 16.5. The molecule has 0 spiro atoms. The van der Waals surface area contributed by atoms with E-state index in [0.29, 0.717) is 31.9 Å². The van der Waals surface area contributed by atoms with Gasteiger partial charge in [-0.1, -0.05) is 36.4 Å². The molecule has 0 radical (unpaired) electrons. The second-order valence-corrected chi connectivity index (χ2v) is 6.62. The lowest BCUT2D eigenvalue weighted by Gasteiger charge is -2.22. The number of carbonyl (C=O) groups excluding carboxylic acids is 2. The highest BCUT2D eigenvalue weighted by Crippen LogP contribution is 2.28. The average molecular weight is 367 g/mol. The van der Waals surface area contributed by atoms with Gasteiger partial charge in [0.2, 0.25) is 5.91 Å². The van der Waals surface area contributed by atoms with Crippen molar-refractivity contribution in [1.29, 1.82) is 0 Å². The maximum absolute atomic E-state index is 12.0. The van der Waals surface area contributed by atoms with E-state index in [1.807, 2.05) is 55.5 Å². The molecule has 2 aromatic carbocycles. The van der Waals surface area contributed by atoms with Gasteiger partial charge in [-0.2, -0.15) is 0 Å². The van der Waals surface area contributed by atoms with Crippen molar-refractivity contribution in [2.24, 2.45) is 0 Å². The van der Waals surface area contributed by atoms with Crippen molar-refractivity contribution >= 4 is 23.3 Å². The first kappa shape index (κ1) is 18.9. The van der Waals surface area contributed by atoms with Crippen LogP contribution in [0.3, 0.4) is 0 Å². The van der Waals surface area contributed by atoms with Gasteiger partial charge < -0.3 is 20.3 Å². The molecule has 3 amide bonds. The summed E-state index contributed by atoms with van der Waals surface area (Å²) >= 11 is 0. The van der Waals surface area contributed by atoms with Gasteiger partial charge in [0.25, 0.3) is 0 Å². The van der Waals surface area contributed by atoms with E-state index in [2.05, 4.69) is 10.6 Å². The Kier molecular flexibility index (Phi) is 6.44.